The van der Waals surface area contributed by atoms with Crippen molar-refractivity contribution in [3.63, 3.8) is 0 Å². The van der Waals surface area contributed by atoms with Crippen molar-refractivity contribution in [2.75, 3.05) is 13.2 Å². The predicted molar refractivity (Wildman–Crippen MR) is 73.0 cm³/mol. The third kappa shape index (κ3) is 2.66. The van der Waals surface area contributed by atoms with E-state index in [1.807, 2.05) is 32.9 Å². The van der Waals surface area contributed by atoms with E-state index in [9.17, 15) is 5.26 Å². The van der Waals surface area contributed by atoms with Crippen molar-refractivity contribution >= 4 is 0 Å². The number of nitriles is 1. The second-order valence-corrected chi connectivity index (χ2v) is 5.28. The molecule has 1 aromatic carbocycles. The Bertz CT molecular complexity index is 506. The van der Waals surface area contributed by atoms with Crippen LogP contribution in [0.25, 0.3) is 0 Å². The number of hydrogen-bond acceptors (Lipinski definition) is 4. The molecule has 1 aliphatic rings. The van der Waals surface area contributed by atoms with E-state index >= 15 is 0 Å². The molecule has 0 amide bonds. The van der Waals surface area contributed by atoms with Gasteiger partial charge in [0.2, 0.25) is 0 Å². The average Bonchev–Trinajstić information content (AvgIpc) is 2.38. The number of ether oxygens (including phenoxy) is 2. The maximum absolute atomic E-state index is 9.27. The molecule has 1 heterocycles. The van der Waals surface area contributed by atoms with E-state index in [2.05, 4.69) is 6.07 Å². The van der Waals surface area contributed by atoms with Crippen LogP contribution in [0.3, 0.4) is 0 Å². The Morgan fingerprint density at radius 1 is 1.21 bits per heavy atom. The van der Waals surface area contributed by atoms with Crippen LogP contribution < -0.4 is 15.2 Å². The second kappa shape index (κ2) is 5.50. The van der Waals surface area contributed by atoms with Gasteiger partial charge in [0.15, 0.2) is 11.5 Å². The zero-order valence-corrected chi connectivity index (χ0v) is 11.6. The standard InChI is InChI=1S/C15H20N2O2/c1-9(2)12(8-16)15(17)11-7-14-13(6-10(11)3)18-4-5-19-14/h6-7,9,12,15H,4-5,17H2,1-3H3. The molecule has 0 spiro atoms. The van der Waals surface area contributed by atoms with Gasteiger partial charge in [0, 0.05) is 6.04 Å². The van der Waals surface area contributed by atoms with Gasteiger partial charge in [-0.05, 0) is 36.1 Å². The summed E-state index contributed by atoms with van der Waals surface area (Å²) in [5.41, 5.74) is 8.27. The molecule has 0 fully saturated rings. The highest BCUT2D eigenvalue weighted by molar-refractivity contribution is 5.49. The number of nitrogens with two attached hydrogens (primary N) is 1. The van der Waals surface area contributed by atoms with Crippen molar-refractivity contribution in [3.8, 4) is 17.6 Å². The van der Waals surface area contributed by atoms with Crippen molar-refractivity contribution < 1.29 is 9.47 Å². The third-order valence-electron chi connectivity index (χ3n) is 3.54. The lowest BCUT2D eigenvalue weighted by Crippen LogP contribution is -2.25. The molecule has 0 saturated carbocycles. The molecule has 0 aromatic heterocycles. The minimum absolute atomic E-state index is 0.207. The first-order chi connectivity index (χ1) is 9.04. The van der Waals surface area contributed by atoms with Crippen molar-refractivity contribution in [1.82, 2.24) is 0 Å². The fourth-order valence-electron chi connectivity index (χ4n) is 2.40. The van der Waals surface area contributed by atoms with Crippen molar-refractivity contribution in [3.05, 3.63) is 23.3 Å². The lowest BCUT2D eigenvalue weighted by atomic mass is 9.84. The van der Waals surface area contributed by atoms with E-state index in [0.29, 0.717) is 13.2 Å². The van der Waals surface area contributed by atoms with Crippen LogP contribution in [0.5, 0.6) is 11.5 Å². The van der Waals surface area contributed by atoms with Crippen molar-refractivity contribution in [2.24, 2.45) is 17.6 Å². The maximum Gasteiger partial charge on any atom is 0.161 e. The van der Waals surface area contributed by atoms with Crippen LogP contribution in [0.15, 0.2) is 12.1 Å². The summed E-state index contributed by atoms with van der Waals surface area (Å²) in [5, 5.41) is 9.27. The van der Waals surface area contributed by atoms with Gasteiger partial charge in [-0.25, -0.2) is 0 Å². The van der Waals surface area contributed by atoms with E-state index < -0.39 is 0 Å². The molecule has 0 bridgehead atoms. The summed E-state index contributed by atoms with van der Waals surface area (Å²) in [6.07, 6.45) is 0. The molecule has 4 heteroatoms. The van der Waals surface area contributed by atoms with E-state index in [0.717, 1.165) is 22.6 Å². The van der Waals surface area contributed by atoms with Crippen LogP contribution in [0, 0.1) is 30.1 Å². The summed E-state index contributed by atoms with van der Waals surface area (Å²) < 4.78 is 11.1. The summed E-state index contributed by atoms with van der Waals surface area (Å²) in [5.74, 6) is 1.49. The third-order valence-corrected chi connectivity index (χ3v) is 3.54. The van der Waals surface area contributed by atoms with E-state index in [4.69, 9.17) is 15.2 Å². The van der Waals surface area contributed by atoms with E-state index in [1.165, 1.54) is 0 Å². The smallest absolute Gasteiger partial charge is 0.161 e. The quantitative estimate of drug-likeness (QED) is 0.906. The molecule has 0 saturated heterocycles. The van der Waals surface area contributed by atoms with Gasteiger partial charge in [-0.1, -0.05) is 13.8 Å². The molecule has 0 aliphatic carbocycles. The number of fused-ring (bicyclic) bond motifs is 1. The fraction of sp³-hybridized carbons (Fsp3) is 0.533. The second-order valence-electron chi connectivity index (χ2n) is 5.28. The number of benzene rings is 1. The van der Waals surface area contributed by atoms with Gasteiger partial charge >= 0.3 is 0 Å². The molecule has 1 aromatic rings. The van der Waals surface area contributed by atoms with Crippen molar-refractivity contribution in [2.45, 2.75) is 26.8 Å². The molecular weight excluding hydrogens is 240 g/mol. The van der Waals surface area contributed by atoms with E-state index in [1.54, 1.807) is 0 Å². The first-order valence-electron chi connectivity index (χ1n) is 6.60. The molecule has 2 atom stereocenters. The van der Waals surface area contributed by atoms with Gasteiger partial charge in [-0.3, -0.25) is 0 Å². The Hall–Kier alpha value is -1.73. The van der Waals surface area contributed by atoms with E-state index in [-0.39, 0.29) is 17.9 Å². The lowest BCUT2D eigenvalue weighted by molar-refractivity contribution is 0.171. The number of rotatable bonds is 3. The number of aryl methyl sites for hydroxylation is 1. The fourth-order valence-corrected chi connectivity index (χ4v) is 2.40. The number of hydrogen-bond donors (Lipinski definition) is 1. The Balaban J connectivity index is 2.37. The molecule has 2 rings (SSSR count). The monoisotopic (exact) mass is 260 g/mol. The Kier molecular flexibility index (Phi) is 3.96. The lowest BCUT2D eigenvalue weighted by Gasteiger charge is -2.25. The summed E-state index contributed by atoms with van der Waals surface area (Å²) in [6, 6.07) is 5.87. The highest BCUT2D eigenvalue weighted by atomic mass is 16.6. The minimum atomic E-state index is -0.305. The van der Waals surface area contributed by atoms with Gasteiger partial charge in [0.1, 0.15) is 13.2 Å². The SMILES string of the molecule is Cc1cc2c(cc1C(N)C(C#N)C(C)C)OCCO2. The first-order valence-corrected chi connectivity index (χ1v) is 6.60. The van der Waals surface area contributed by atoms with Crippen LogP contribution in [0.4, 0.5) is 0 Å². The largest absolute Gasteiger partial charge is 0.486 e. The van der Waals surface area contributed by atoms with Gasteiger partial charge < -0.3 is 15.2 Å². The molecule has 1 aliphatic heterocycles. The van der Waals surface area contributed by atoms with Crippen molar-refractivity contribution in [1.29, 1.82) is 5.26 Å². The van der Waals surface area contributed by atoms with Crippen LogP contribution in [0.1, 0.15) is 31.0 Å². The van der Waals surface area contributed by atoms with Gasteiger partial charge in [0.25, 0.3) is 0 Å². The summed E-state index contributed by atoms with van der Waals surface area (Å²) >= 11 is 0. The minimum Gasteiger partial charge on any atom is -0.486 e. The number of nitrogens with zero attached hydrogens (tertiary/aromatic N) is 1. The predicted octanol–water partition coefficient (Wildman–Crippen LogP) is 2.56. The summed E-state index contributed by atoms with van der Waals surface area (Å²) in [4.78, 5) is 0. The average molecular weight is 260 g/mol. The first kappa shape index (κ1) is 13.7. The van der Waals surface area contributed by atoms with Crippen LogP contribution in [0.2, 0.25) is 0 Å². The highest BCUT2D eigenvalue weighted by Crippen LogP contribution is 2.37. The van der Waals surface area contributed by atoms with Gasteiger partial charge in [-0.15, -0.1) is 0 Å². The highest BCUT2D eigenvalue weighted by Gasteiger charge is 2.25. The van der Waals surface area contributed by atoms with Crippen LogP contribution in [-0.2, 0) is 0 Å². The Morgan fingerprint density at radius 2 is 1.79 bits per heavy atom. The molecule has 2 N–H and O–H groups in total. The molecule has 4 nitrogen and oxygen atoms in total. The Labute approximate surface area is 114 Å². The zero-order chi connectivity index (χ0) is 14.0. The topological polar surface area (TPSA) is 68.3 Å². The normalized spacial score (nSPS) is 16.8. The molecule has 2 unspecified atom stereocenters. The summed E-state index contributed by atoms with van der Waals surface area (Å²) in [6.45, 7) is 7.14. The molecule has 102 valence electrons. The zero-order valence-electron chi connectivity index (χ0n) is 11.6. The molecule has 0 radical (unpaired) electrons. The molecular formula is C15H20N2O2. The maximum atomic E-state index is 9.27. The summed E-state index contributed by atoms with van der Waals surface area (Å²) in [7, 11) is 0. The molecule has 19 heavy (non-hydrogen) atoms. The van der Waals surface area contributed by atoms with Crippen LogP contribution >= 0.6 is 0 Å². The van der Waals surface area contributed by atoms with Gasteiger partial charge in [0.05, 0.1) is 12.0 Å². The van der Waals surface area contributed by atoms with Gasteiger partial charge in [-0.2, -0.15) is 5.26 Å². The van der Waals surface area contributed by atoms with Crippen LogP contribution in [-0.4, -0.2) is 13.2 Å². The Morgan fingerprint density at radius 3 is 2.32 bits per heavy atom.